The quantitative estimate of drug-likeness (QED) is 0.641. The number of hydrogen-bond donors (Lipinski definition) is 1. The maximum Gasteiger partial charge on any atom is 0.232 e. The highest BCUT2D eigenvalue weighted by atomic mass is 19.1. The Morgan fingerprint density at radius 2 is 2.14 bits per heavy atom. The summed E-state index contributed by atoms with van der Waals surface area (Å²) < 4.78 is 20.5. The molecular weight excluding hydrogens is 369 g/mol. The first-order valence-corrected chi connectivity index (χ1v) is 10.1. The summed E-state index contributed by atoms with van der Waals surface area (Å²) in [5, 5.41) is 7.94. The van der Waals surface area contributed by atoms with Gasteiger partial charge in [-0.05, 0) is 61.4 Å². The van der Waals surface area contributed by atoms with Crippen LogP contribution in [0.5, 0.6) is 5.75 Å². The number of Topliss-reactive ketones (excluding diaryl/α,β-unsaturated/α-hetero) is 1. The number of ether oxygens (including phenoxy) is 1. The normalized spacial score (nSPS) is 22.8. The number of H-pyrrole nitrogens is 1. The van der Waals surface area contributed by atoms with Crippen LogP contribution in [0, 0.1) is 12.8 Å². The van der Waals surface area contributed by atoms with Gasteiger partial charge in [0.1, 0.15) is 11.9 Å². The van der Waals surface area contributed by atoms with E-state index < -0.39 is 6.17 Å². The number of carbonyl (C=O) groups is 1. The second-order valence-electron chi connectivity index (χ2n) is 7.95. The molecule has 1 aliphatic heterocycles. The zero-order valence-electron chi connectivity index (χ0n) is 16.2. The molecule has 1 aliphatic carbocycles. The third kappa shape index (κ3) is 3.12. The number of aromatic nitrogens is 3. The molecule has 2 aromatic heterocycles. The van der Waals surface area contributed by atoms with Gasteiger partial charge >= 0.3 is 0 Å². The summed E-state index contributed by atoms with van der Waals surface area (Å²) in [6.45, 7) is 1.99. The summed E-state index contributed by atoms with van der Waals surface area (Å²) in [7, 11) is 0. The fourth-order valence-electron chi connectivity index (χ4n) is 4.42. The molecule has 3 heterocycles. The van der Waals surface area contributed by atoms with Gasteiger partial charge in [-0.3, -0.25) is 9.89 Å². The number of halogens is 1. The monoisotopic (exact) mass is 391 g/mol. The molecule has 29 heavy (non-hydrogen) atoms. The summed E-state index contributed by atoms with van der Waals surface area (Å²) >= 11 is 0. The fraction of sp³-hybridized carbons (Fsp3) is 0.348. The number of benzene rings is 1. The number of hydrogen-bond acceptors (Lipinski definition) is 4. The van der Waals surface area contributed by atoms with Crippen LogP contribution in [0.15, 0.2) is 36.2 Å². The molecule has 0 bridgehead atoms. The molecule has 2 aliphatic rings. The van der Waals surface area contributed by atoms with E-state index in [-0.39, 0.29) is 17.5 Å². The van der Waals surface area contributed by atoms with Gasteiger partial charge in [-0.1, -0.05) is 18.9 Å². The first-order chi connectivity index (χ1) is 14.1. The van der Waals surface area contributed by atoms with E-state index in [2.05, 4.69) is 15.2 Å². The second-order valence-corrected chi connectivity index (χ2v) is 7.95. The molecule has 1 aromatic carbocycles. The number of allylic oxidation sites excluding steroid dienone is 1. The number of aromatic amines is 1. The van der Waals surface area contributed by atoms with Gasteiger partial charge in [0, 0.05) is 17.7 Å². The fourth-order valence-corrected chi connectivity index (χ4v) is 4.42. The number of alkyl halides is 1. The van der Waals surface area contributed by atoms with Crippen molar-refractivity contribution in [2.24, 2.45) is 5.92 Å². The molecule has 148 valence electrons. The van der Waals surface area contributed by atoms with Crippen molar-refractivity contribution < 1.29 is 13.9 Å². The van der Waals surface area contributed by atoms with E-state index >= 15 is 0 Å². The Balaban J connectivity index is 1.50. The van der Waals surface area contributed by atoms with Crippen LogP contribution in [-0.2, 0) is 6.42 Å². The zero-order valence-corrected chi connectivity index (χ0v) is 16.2. The van der Waals surface area contributed by atoms with Crippen LogP contribution >= 0.6 is 0 Å². The Labute approximate surface area is 168 Å². The summed E-state index contributed by atoms with van der Waals surface area (Å²) in [6, 6.07) is 7.45. The van der Waals surface area contributed by atoms with Gasteiger partial charge < -0.3 is 4.74 Å². The number of carbonyl (C=O) groups excluding carboxylic acids is 1. The lowest BCUT2D eigenvalue weighted by atomic mass is 9.82. The summed E-state index contributed by atoms with van der Waals surface area (Å²) in [5.41, 5.74) is 3.79. The second kappa shape index (κ2) is 7.10. The van der Waals surface area contributed by atoms with Gasteiger partial charge in [0.05, 0.1) is 11.3 Å². The van der Waals surface area contributed by atoms with E-state index in [9.17, 15) is 9.18 Å². The van der Waals surface area contributed by atoms with Gasteiger partial charge in [0.25, 0.3) is 0 Å². The number of nitrogens with zero attached hydrogens (tertiary/aromatic N) is 2. The minimum atomic E-state index is -0.783. The summed E-state index contributed by atoms with van der Waals surface area (Å²) in [5.74, 6) is 0.644. The van der Waals surface area contributed by atoms with Gasteiger partial charge in [0.15, 0.2) is 11.4 Å². The highest BCUT2D eigenvalue weighted by molar-refractivity contribution is 6.15. The van der Waals surface area contributed by atoms with E-state index in [0.717, 1.165) is 35.8 Å². The molecule has 2 atom stereocenters. The Hall–Kier alpha value is -3.02. The minimum absolute atomic E-state index is 0.0120. The van der Waals surface area contributed by atoms with Gasteiger partial charge in [-0.2, -0.15) is 5.10 Å². The Morgan fingerprint density at radius 1 is 1.28 bits per heavy atom. The number of nitrogens with one attached hydrogen (secondary N) is 1. The van der Waals surface area contributed by atoms with Gasteiger partial charge in [-0.25, -0.2) is 9.37 Å². The van der Waals surface area contributed by atoms with E-state index in [0.29, 0.717) is 35.5 Å². The number of rotatable bonds is 3. The van der Waals surface area contributed by atoms with E-state index in [1.807, 2.05) is 25.1 Å². The number of pyridine rings is 1. The van der Waals surface area contributed by atoms with E-state index in [4.69, 9.17) is 4.74 Å². The predicted molar refractivity (Wildman–Crippen MR) is 109 cm³/mol. The lowest BCUT2D eigenvalue weighted by Gasteiger charge is -2.26. The van der Waals surface area contributed by atoms with Crippen molar-refractivity contribution >= 4 is 22.9 Å². The van der Waals surface area contributed by atoms with Crippen molar-refractivity contribution in [3.8, 4) is 5.75 Å². The van der Waals surface area contributed by atoms with Crippen LogP contribution in [0.2, 0.25) is 0 Å². The number of fused-ring (bicyclic) bond motifs is 2. The topological polar surface area (TPSA) is 67.9 Å². The van der Waals surface area contributed by atoms with Crippen LogP contribution in [-0.4, -0.2) is 27.1 Å². The lowest BCUT2D eigenvalue weighted by Crippen LogP contribution is -2.23. The molecule has 0 amide bonds. The Kier molecular flexibility index (Phi) is 4.42. The molecule has 3 aromatic rings. The standard InChI is InChI=1S/C23H22FN3O2/c1-13-8-9-16-21(28)20(12-19-15-6-4-10-25-23(15)27-26-19)29-22(16)17(13)11-14-5-2-3-7-18(14)24/h4,6,8-10,12,14,18H,2-3,5,7,11H2,1H3,(H,25,26,27)/b20-12-/t14?,18-/m1/s1. The van der Waals surface area contributed by atoms with Crippen molar-refractivity contribution in [2.45, 2.75) is 45.2 Å². The minimum Gasteiger partial charge on any atom is -0.452 e. The molecule has 0 radical (unpaired) electrons. The molecule has 6 heteroatoms. The molecule has 0 spiro atoms. The third-order valence-electron chi connectivity index (χ3n) is 6.09. The summed E-state index contributed by atoms with van der Waals surface area (Å²) in [6.07, 6.45) is 6.68. The van der Waals surface area contributed by atoms with E-state index in [1.54, 1.807) is 18.3 Å². The zero-order chi connectivity index (χ0) is 20.0. The maximum atomic E-state index is 14.4. The molecule has 5 rings (SSSR count). The number of aryl methyl sites for hydroxylation is 1. The number of ketones is 1. The van der Waals surface area contributed by atoms with Crippen molar-refractivity contribution in [3.63, 3.8) is 0 Å². The SMILES string of the molecule is Cc1ccc2c(c1CC1CCCC[C@H]1F)O/C(=C\c1n[nH]c3ncccc13)C2=O. The smallest absolute Gasteiger partial charge is 0.232 e. The van der Waals surface area contributed by atoms with Crippen LogP contribution in [0.1, 0.15) is 52.9 Å². The lowest BCUT2D eigenvalue weighted by molar-refractivity contribution is 0.101. The molecule has 1 N–H and O–H groups in total. The van der Waals surface area contributed by atoms with Crippen LogP contribution in [0.3, 0.4) is 0 Å². The highest BCUT2D eigenvalue weighted by Crippen LogP contribution is 2.40. The average Bonchev–Trinajstić information content (AvgIpc) is 3.28. The van der Waals surface area contributed by atoms with Crippen molar-refractivity contribution in [1.29, 1.82) is 0 Å². The first-order valence-electron chi connectivity index (χ1n) is 10.1. The molecule has 0 saturated heterocycles. The van der Waals surface area contributed by atoms with Crippen LogP contribution in [0.4, 0.5) is 4.39 Å². The van der Waals surface area contributed by atoms with Crippen molar-refractivity contribution in [2.75, 3.05) is 0 Å². The largest absolute Gasteiger partial charge is 0.452 e. The van der Waals surface area contributed by atoms with Crippen LogP contribution < -0.4 is 4.74 Å². The van der Waals surface area contributed by atoms with Crippen LogP contribution in [0.25, 0.3) is 17.1 Å². The molecule has 1 saturated carbocycles. The predicted octanol–water partition coefficient (Wildman–Crippen LogP) is 4.95. The van der Waals surface area contributed by atoms with Gasteiger partial charge in [-0.15, -0.1) is 0 Å². The first kappa shape index (κ1) is 18.0. The summed E-state index contributed by atoms with van der Waals surface area (Å²) in [4.78, 5) is 17.2. The molecule has 5 nitrogen and oxygen atoms in total. The molecule has 1 unspecified atom stereocenters. The molecular formula is C23H22FN3O2. The molecule has 1 fully saturated rings. The maximum absolute atomic E-state index is 14.4. The van der Waals surface area contributed by atoms with Gasteiger partial charge in [0.2, 0.25) is 5.78 Å². The highest BCUT2D eigenvalue weighted by Gasteiger charge is 2.33. The van der Waals surface area contributed by atoms with Crippen molar-refractivity contribution in [3.05, 3.63) is 58.6 Å². The Morgan fingerprint density at radius 3 is 3.00 bits per heavy atom. The average molecular weight is 391 g/mol. The van der Waals surface area contributed by atoms with Crippen molar-refractivity contribution in [1.82, 2.24) is 15.2 Å². The Bertz CT molecular complexity index is 1130. The third-order valence-corrected chi connectivity index (χ3v) is 6.09. The van der Waals surface area contributed by atoms with E-state index in [1.165, 1.54) is 0 Å².